The van der Waals surface area contributed by atoms with Gasteiger partial charge in [-0.2, -0.15) is 0 Å². The Kier molecular flexibility index (Phi) is 4.66. The molecule has 1 aliphatic rings. The van der Waals surface area contributed by atoms with E-state index in [1.54, 1.807) is 0 Å². The average molecular weight is 258 g/mol. The SMILES string of the molecule is COC(=O)C1CC(O)CN1C(=O)CN(C)C(C)=O. The Morgan fingerprint density at radius 2 is 2.06 bits per heavy atom. The number of rotatable bonds is 3. The minimum absolute atomic E-state index is 0.0876. The van der Waals surface area contributed by atoms with Gasteiger partial charge in [0.05, 0.1) is 19.8 Å². The summed E-state index contributed by atoms with van der Waals surface area (Å²) >= 11 is 0. The molecule has 102 valence electrons. The molecule has 18 heavy (non-hydrogen) atoms. The minimum Gasteiger partial charge on any atom is -0.467 e. The van der Waals surface area contributed by atoms with Crippen LogP contribution in [0.4, 0.5) is 0 Å². The van der Waals surface area contributed by atoms with Gasteiger partial charge in [-0.15, -0.1) is 0 Å². The van der Waals surface area contributed by atoms with E-state index in [4.69, 9.17) is 0 Å². The van der Waals surface area contributed by atoms with Gasteiger partial charge in [0.2, 0.25) is 11.8 Å². The molecule has 0 aromatic heterocycles. The quantitative estimate of drug-likeness (QED) is 0.629. The van der Waals surface area contributed by atoms with E-state index >= 15 is 0 Å². The molecule has 0 bridgehead atoms. The van der Waals surface area contributed by atoms with Gasteiger partial charge >= 0.3 is 5.97 Å². The second kappa shape index (κ2) is 5.81. The Morgan fingerprint density at radius 1 is 1.44 bits per heavy atom. The highest BCUT2D eigenvalue weighted by Gasteiger charge is 2.39. The van der Waals surface area contributed by atoms with Crippen molar-refractivity contribution in [3.63, 3.8) is 0 Å². The third kappa shape index (κ3) is 3.19. The zero-order valence-corrected chi connectivity index (χ0v) is 10.8. The Hall–Kier alpha value is -1.63. The number of nitrogens with zero attached hydrogens (tertiary/aromatic N) is 2. The number of amides is 2. The molecule has 7 nitrogen and oxygen atoms in total. The zero-order chi connectivity index (χ0) is 13.9. The molecule has 1 N–H and O–H groups in total. The number of ether oxygens (including phenoxy) is 1. The van der Waals surface area contributed by atoms with Crippen LogP contribution >= 0.6 is 0 Å². The molecule has 7 heteroatoms. The number of carbonyl (C=O) groups is 3. The predicted octanol–water partition coefficient (Wildman–Crippen LogP) is -1.40. The third-order valence-electron chi connectivity index (χ3n) is 2.98. The molecule has 2 amide bonds. The van der Waals surface area contributed by atoms with Crippen LogP contribution in [0.3, 0.4) is 0 Å². The Balaban J connectivity index is 2.70. The van der Waals surface area contributed by atoms with Gasteiger partial charge in [-0.3, -0.25) is 9.59 Å². The predicted molar refractivity (Wildman–Crippen MR) is 61.5 cm³/mol. The van der Waals surface area contributed by atoms with Crippen LogP contribution in [0.25, 0.3) is 0 Å². The lowest BCUT2D eigenvalue weighted by molar-refractivity contribution is -0.151. The van der Waals surface area contributed by atoms with Crippen molar-refractivity contribution in [1.29, 1.82) is 0 Å². The molecule has 0 aromatic carbocycles. The van der Waals surface area contributed by atoms with Crippen molar-refractivity contribution >= 4 is 17.8 Å². The summed E-state index contributed by atoms with van der Waals surface area (Å²) in [5.74, 6) is -1.16. The van der Waals surface area contributed by atoms with Crippen molar-refractivity contribution < 1.29 is 24.2 Å². The van der Waals surface area contributed by atoms with Crippen LogP contribution in [0.2, 0.25) is 0 Å². The number of β-amino-alcohol motifs (C(OH)–C–C–N with tert-alkyl or cyclic N) is 1. The molecule has 0 saturated carbocycles. The summed E-state index contributed by atoms with van der Waals surface area (Å²) in [5, 5.41) is 9.52. The number of likely N-dealkylation sites (tertiary alicyclic amines) is 1. The highest BCUT2D eigenvalue weighted by molar-refractivity contribution is 5.88. The molecule has 2 unspecified atom stereocenters. The standard InChI is InChI=1S/C11H18N2O5/c1-7(14)12(2)6-10(16)13-5-8(15)4-9(13)11(17)18-3/h8-9,15H,4-6H2,1-3H3. The maximum Gasteiger partial charge on any atom is 0.328 e. The van der Waals surface area contributed by atoms with Crippen LogP contribution < -0.4 is 0 Å². The Morgan fingerprint density at radius 3 is 2.56 bits per heavy atom. The summed E-state index contributed by atoms with van der Waals surface area (Å²) in [6.45, 7) is 1.32. The smallest absolute Gasteiger partial charge is 0.328 e. The number of aliphatic hydroxyl groups is 1. The highest BCUT2D eigenvalue weighted by atomic mass is 16.5. The first-order valence-corrected chi connectivity index (χ1v) is 5.63. The summed E-state index contributed by atoms with van der Waals surface area (Å²) in [6, 6.07) is -0.766. The molecular weight excluding hydrogens is 240 g/mol. The first kappa shape index (κ1) is 14.4. The van der Waals surface area contributed by atoms with Crippen LogP contribution in [-0.4, -0.2) is 72.1 Å². The molecule has 0 radical (unpaired) electrons. The van der Waals surface area contributed by atoms with Gasteiger partial charge in [0.25, 0.3) is 0 Å². The number of esters is 1. The largest absolute Gasteiger partial charge is 0.467 e. The summed E-state index contributed by atoms with van der Waals surface area (Å²) in [4.78, 5) is 37.0. The normalized spacial score (nSPS) is 22.8. The summed E-state index contributed by atoms with van der Waals surface area (Å²) in [6.07, 6.45) is -0.567. The van der Waals surface area contributed by atoms with E-state index in [-0.39, 0.29) is 31.3 Å². The van der Waals surface area contributed by atoms with Crippen molar-refractivity contribution in [3.05, 3.63) is 0 Å². The van der Waals surface area contributed by atoms with Crippen LogP contribution in [-0.2, 0) is 19.1 Å². The lowest BCUT2D eigenvalue weighted by Gasteiger charge is -2.24. The van der Waals surface area contributed by atoms with E-state index in [1.807, 2.05) is 0 Å². The molecule has 1 heterocycles. The first-order chi connectivity index (χ1) is 8.36. The lowest BCUT2D eigenvalue weighted by atomic mass is 10.2. The maximum atomic E-state index is 11.9. The summed E-state index contributed by atoms with van der Waals surface area (Å²) in [7, 11) is 2.73. The average Bonchev–Trinajstić information content (AvgIpc) is 2.70. The van der Waals surface area contributed by atoms with Crippen molar-refractivity contribution in [2.24, 2.45) is 0 Å². The van der Waals surface area contributed by atoms with E-state index in [0.717, 1.165) is 0 Å². The van der Waals surface area contributed by atoms with E-state index < -0.39 is 18.1 Å². The van der Waals surface area contributed by atoms with Crippen LogP contribution in [0.5, 0.6) is 0 Å². The van der Waals surface area contributed by atoms with Gasteiger partial charge < -0.3 is 19.6 Å². The van der Waals surface area contributed by atoms with Crippen LogP contribution in [0.15, 0.2) is 0 Å². The third-order valence-corrected chi connectivity index (χ3v) is 2.98. The zero-order valence-electron chi connectivity index (χ0n) is 10.8. The fourth-order valence-corrected chi connectivity index (χ4v) is 1.85. The van der Waals surface area contributed by atoms with Gasteiger partial charge in [-0.25, -0.2) is 4.79 Å². The number of aliphatic hydroxyl groups excluding tert-OH is 1. The van der Waals surface area contributed by atoms with Gasteiger partial charge in [-0.05, 0) is 0 Å². The van der Waals surface area contributed by atoms with Gasteiger partial charge in [-0.1, -0.05) is 0 Å². The Bertz CT molecular complexity index is 357. The minimum atomic E-state index is -0.766. The fourth-order valence-electron chi connectivity index (χ4n) is 1.85. The number of hydrogen-bond donors (Lipinski definition) is 1. The molecule has 0 aliphatic carbocycles. The highest BCUT2D eigenvalue weighted by Crippen LogP contribution is 2.19. The van der Waals surface area contributed by atoms with E-state index in [1.165, 1.54) is 30.9 Å². The van der Waals surface area contributed by atoms with Gasteiger partial charge in [0.15, 0.2) is 0 Å². The van der Waals surface area contributed by atoms with Crippen molar-refractivity contribution in [1.82, 2.24) is 9.80 Å². The Labute approximate surface area is 105 Å². The lowest BCUT2D eigenvalue weighted by Crippen LogP contribution is -2.46. The second-order valence-electron chi connectivity index (χ2n) is 4.35. The van der Waals surface area contributed by atoms with E-state index in [0.29, 0.717) is 0 Å². The molecule has 1 rings (SSSR count). The first-order valence-electron chi connectivity index (χ1n) is 5.63. The van der Waals surface area contributed by atoms with E-state index in [9.17, 15) is 19.5 Å². The number of methoxy groups -OCH3 is 1. The second-order valence-corrected chi connectivity index (χ2v) is 4.35. The number of likely N-dealkylation sites (N-methyl/N-ethyl adjacent to an activating group) is 1. The van der Waals surface area contributed by atoms with Crippen LogP contribution in [0, 0.1) is 0 Å². The topological polar surface area (TPSA) is 87.2 Å². The molecule has 1 saturated heterocycles. The molecule has 1 fully saturated rings. The maximum absolute atomic E-state index is 11.9. The molecule has 0 spiro atoms. The number of hydrogen-bond acceptors (Lipinski definition) is 5. The van der Waals surface area contributed by atoms with Gasteiger partial charge in [0, 0.05) is 26.9 Å². The fraction of sp³-hybridized carbons (Fsp3) is 0.727. The molecular formula is C11H18N2O5. The summed E-state index contributed by atoms with van der Waals surface area (Å²) < 4.78 is 4.59. The van der Waals surface area contributed by atoms with Crippen molar-refractivity contribution in [2.45, 2.75) is 25.5 Å². The molecule has 2 atom stereocenters. The van der Waals surface area contributed by atoms with Gasteiger partial charge in [0.1, 0.15) is 6.04 Å². The van der Waals surface area contributed by atoms with Crippen molar-refractivity contribution in [2.75, 3.05) is 27.2 Å². The monoisotopic (exact) mass is 258 g/mol. The molecule has 1 aliphatic heterocycles. The van der Waals surface area contributed by atoms with Crippen LogP contribution in [0.1, 0.15) is 13.3 Å². The van der Waals surface area contributed by atoms with E-state index in [2.05, 4.69) is 4.74 Å². The van der Waals surface area contributed by atoms with Crippen molar-refractivity contribution in [3.8, 4) is 0 Å². The number of carbonyl (C=O) groups excluding carboxylic acids is 3. The summed E-state index contributed by atoms with van der Waals surface area (Å²) in [5.41, 5.74) is 0. The molecule has 0 aromatic rings.